The summed E-state index contributed by atoms with van der Waals surface area (Å²) in [6.07, 6.45) is -1.31. The zero-order chi connectivity index (χ0) is 20.2. The van der Waals surface area contributed by atoms with Crippen LogP contribution in [-0.4, -0.2) is 39.3 Å². The lowest BCUT2D eigenvalue weighted by atomic mass is 10.0. The molecule has 27 heavy (non-hydrogen) atoms. The molecule has 0 aliphatic rings. The van der Waals surface area contributed by atoms with E-state index in [1.165, 1.54) is 45.2 Å². The molecule has 1 heterocycles. The highest BCUT2D eigenvalue weighted by Gasteiger charge is 2.30. The first-order valence-corrected chi connectivity index (χ1v) is 7.83. The van der Waals surface area contributed by atoms with E-state index in [0.29, 0.717) is 5.56 Å². The number of carbonyl (C=O) groups is 2. The maximum absolute atomic E-state index is 12.9. The number of hydrogen-bond acceptors (Lipinski definition) is 6. The molecule has 0 saturated carbocycles. The zero-order valence-corrected chi connectivity index (χ0v) is 14.9. The van der Waals surface area contributed by atoms with Gasteiger partial charge in [0.1, 0.15) is 5.82 Å². The van der Waals surface area contributed by atoms with Crippen molar-refractivity contribution >= 4 is 12.0 Å². The summed E-state index contributed by atoms with van der Waals surface area (Å²) in [7, 11) is 1.24. The average molecular weight is 378 g/mol. The fourth-order valence-electron chi connectivity index (χ4n) is 2.21. The Kier molecular flexibility index (Phi) is 5.78. The summed E-state index contributed by atoms with van der Waals surface area (Å²) in [5.41, 5.74) is -0.990. The molecule has 0 unspecified atom stereocenters. The molecule has 0 bridgehead atoms. The second-order valence-electron chi connectivity index (χ2n) is 6.12. The minimum absolute atomic E-state index is 0.0634. The molecule has 10 heteroatoms. The molecule has 2 amide bonds. The van der Waals surface area contributed by atoms with Crippen molar-refractivity contribution in [2.75, 3.05) is 7.11 Å². The molecule has 0 fully saturated rings. The Labute approximate surface area is 154 Å². The molecular weight excluding hydrogens is 359 g/mol. The molecule has 1 aromatic carbocycles. The first-order valence-electron chi connectivity index (χ1n) is 7.83. The van der Waals surface area contributed by atoms with Gasteiger partial charge in [-0.2, -0.15) is 4.98 Å². The van der Waals surface area contributed by atoms with Crippen molar-refractivity contribution in [2.45, 2.75) is 25.9 Å². The van der Waals surface area contributed by atoms with Crippen LogP contribution in [0.1, 0.15) is 35.7 Å². The van der Waals surface area contributed by atoms with Crippen LogP contribution in [0, 0.1) is 5.82 Å². The number of nitrogens with one attached hydrogen (secondary N) is 2. The fourth-order valence-corrected chi connectivity index (χ4v) is 2.21. The molecule has 0 spiro atoms. The first kappa shape index (κ1) is 19.9. The zero-order valence-electron chi connectivity index (χ0n) is 14.9. The van der Waals surface area contributed by atoms with Gasteiger partial charge in [0.2, 0.25) is 5.75 Å². The summed E-state index contributed by atoms with van der Waals surface area (Å²) < 4.78 is 17.9. The number of rotatable bonds is 6. The molecule has 0 saturated heterocycles. The predicted molar refractivity (Wildman–Crippen MR) is 92.0 cm³/mol. The van der Waals surface area contributed by atoms with Crippen LogP contribution >= 0.6 is 0 Å². The molecule has 1 aromatic heterocycles. The number of nitrogens with zero attached hydrogens (tertiary/aromatic N) is 2. The molecule has 0 radical (unpaired) electrons. The Morgan fingerprint density at radius 1 is 1.22 bits per heavy atom. The van der Waals surface area contributed by atoms with Crippen LogP contribution in [0.25, 0.3) is 0 Å². The Hall–Kier alpha value is -3.43. The minimum atomic E-state index is -1.31. The number of hydrogen-bond donors (Lipinski definition) is 4. The third-order valence-electron chi connectivity index (χ3n) is 3.61. The van der Waals surface area contributed by atoms with Gasteiger partial charge in [-0.25, -0.2) is 14.2 Å². The van der Waals surface area contributed by atoms with Crippen LogP contribution in [0.15, 0.2) is 24.3 Å². The first-order chi connectivity index (χ1) is 12.6. The summed E-state index contributed by atoms with van der Waals surface area (Å²) in [5, 5.41) is 23.9. The third kappa shape index (κ3) is 4.81. The van der Waals surface area contributed by atoms with Crippen LogP contribution in [0.4, 0.5) is 9.18 Å². The number of aromatic nitrogens is 2. The monoisotopic (exact) mass is 378 g/mol. The normalized spacial score (nSPS) is 11.0. The van der Waals surface area contributed by atoms with Crippen molar-refractivity contribution in [3.63, 3.8) is 0 Å². The SMILES string of the molecule is COc1nc(C(C)(C)NC(=O)O)nc(C(=O)NCc2ccc(F)cc2)c1O. The van der Waals surface area contributed by atoms with Crippen molar-refractivity contribution < 1.29 is 28.9 Å². The van der Waals surface area contributed by atoms with E-state index >= 15 is 0 Å². The Morgan fingerprint density at radius 2 is 1.85 bits per heavy atom. The standard InChI is InChI=1S/C17H19FN4O5/c1-17(2,22-16(25)26)15-20-11(12(23)14(21-15)27-3)13(24)19-8-9-4-6-10(18)7-5-9/h4-7,22-23H,8H2,1-3H3,(H,19,24)(H,25,26). The second kappa shape index (κ2) is 7.85. The summed E-state index contributed by atoms with van der Waals surface area (Å²) in [5.74, 6) is -2.05. The van der Waals surface area contributed by atoms with Gasteiger partial charge in [-0.15, -0.1) is 0 Å². The van der Waals surface area contributed by atoms with Crippen molar-refractivity contribution in [3.05, 3.63) is 47.2 Å². The van der Waals surface area contributed by atoms with Gasteiger partial charge in [0.15, 0.2) is 11.5 Å². The highest BCUT2D eigenvalue weighted by Crippen LogP contribution is 2.29. The quantitative estimate of drug-likeness (QED) is 0.602. The van der Waals surface area contributed by atoms with E-state index in [0.717, 1.165) is 0 Å². The summed E-state index contributed by atoms with van der Waals surface area (Å²) in [6, 6.07) is 5.51. The van der Waals surface area contributed by atoms with Gasteiger partial charge in [-0.1, -0.05) is 12.1 Å². The molecule has 0 aliphatic heterocycles. The lowest BCUT2D eigenvalue weighted by Crippen LogP contribution is -2.42. The minimum Gasteiger partial charge on any atom is -0.501 e. The highest BCUT2D eigenvalue weighted by atomic mass is 19.1. The number of aromatic hydroxyl groups is 1. The highest BCUT2D eigenvalue weighted by molar-refractivity contribution is 5.95. The number of carboxylic acid groups (broad SMARTS) is 1. The van der Waals surface area contributed by atoms with E-state index in [1.54, 1.807) is 0 Å². The van der Waals surface area contributed by atoms with Gasteiger partial charge in [0.25, 0.3) is 11.8 Å². The second-order valence-corrected chi connectivity index (χ2v) is 6.12. The van der Waals surface area contributed by atoms with Crippen LogP contribution in [0.5, 0.6) is 11.6 Å². The largest absolute Gasteiger partial charge is 0.501 e. The predicted octanol–water partition coefficient (Wildman–Crippen LogP) is 1.76. The summed E-state index contributed by atoms with van der Waals surface area (Å²) >= 11 is 0. The van der Waals surface area contributed by atoms with E-state index < -0.39 is 29.1 Å². The van der Waals surface area contributed by atoms with Crippen LogP contribution < -0.4 is 15.4 Å². The van der Waals surface area contributed by atoms with Gasteiger partial charge in [-0.05, 0) is 31.5 Å². The van der Waals surface area contributed by atoms with Crippen molar-refractivity contribution in [1.29, 1.82) is 0 Å². The van der Waals surface area contributed by atoms with Crippen LogP contribution in [0.3, 0.4) is 0 Å². The summed E-state index contributed by atoms with van der Waals surface area (Å²) in [4.78, 5) is 31.4. The lowest BCUT2D eigenvalue weighted by Gasteiger charge is -2.23. The topological polar surface area (TPSA) is 134 Å². The lowest BCUT2D eigenvalue weighted by molar-refractivity contribution is 0.0941. The van der Waals surface area contributed by atoms with Gasteiger partial charge in [0, 0.05) is 6.54 Å². The van der Waals surface area contributed by atoms with E-state index in [9.17, 15) is 19.1 Å². The smallest absolute Gasteiger partial charge is 0.405 e. The van der Waals surface area contributed by atoms with Crippen LogP contribution in [-0.2, 0) is 12.1 Å². The molecule has 9 nitrogen and oxygen atoms in total. The molecule has 2 rings (SSSR count). The average Bonchev–Trinajstić information content (AvgIpc) is 2.60. The van der Waals surface area contributed by atoms with Gasteiger partial charge >= 0.3 is 6.09 Å². The van der Waals surface area contributed by atoms with Crippen molar-refractivity contribution in [2.24, 2.45) is 0 Å². The maximum atomic E-state index is 12.9. The molecule has 0 aliphatic carbocycles. The number of benzene rings is 1. The number of methoxy groups -OCH3 is 1. The Bertz CT molecular complexity index is 855. The van der Waals surface area contributed by atoms with E-state index in [4.69, 9.17) is 9.84 Å². The van der Waals surface area contributed by atoms with E-state index in [1.807, 2.05) is 0 Å². The maximum Gasteiger partial charge on any atom is 0.405 e. The number of halogens is 1. The molecule has 4 N–H and O–H groups in total. The third-order valence-corrected chi connectivity index (χ3v) is 3.61. The van der Waals surface area contributed by atoms with Gasteiger partial charge in [-0.3, -0.25) is 4.79 Å². The fraction of sp³-hybridized carbons (Fsp3) is 0.294. The molecule has 0 atom stereocenters. The van der Waals surface area contributed by atoms with Gasteiger partial charge < -0.3 is 25.6 Å². The molecule has 144 valence electrons. The summed E-state index contributed by atoms with van der Waals surface area (Å²) in [6.45, 7) is 3.05. The Morgan fingerprint density at radius 3 is 2.41 bits per heavy atom. The molecule has 2 aromatic rings. The van der Waals surface area contributed by atoms with E-state index in [-0.39, 0.29) is 23.9 Å². The number of ether oxygens (including phenoxy) is 1. The van der Waals surface area contributed by atoms with E-state index in [2.05, 4.69) is 20.6 Å². The van der Waals surface area contributed by atoms with Crippen molar-refractivity contribution in [3.8, 4) is 11.6 Å². The van der Waals surface area contributed by atoms with Crippen molar-refractivity contribution in [1.82, 2.24) is 20.6 Å². The Balaban J connectivity index is 2.31. The number of carbonyl (C=O) groups excluding carboxylic acids is 1. The van der Waals surface area contributed by atoms with Crippen LogP contribution in [0.2, 0.25) is 0 Å². The number of amides is 2. The van der Waals surface area contributed by atoms with Gasteiger partial charge in [0.05, 0.1) is 12.6 Å². The molecular formula is C17H19FN4O5.